The molecule has 0 radical (unpaired) electrons. The highest BCUT2D eigenvalue weighted by Gasteiger charge is 2.25. The molecule has 8 heteroatoms. The molecule has 1 aromatic carbocycles. The number of methoxy groups -OCH3 is 1. The minimum absolute atomic E-state index is 0.0202. The van der Waals surface area contributed by atoms with E-state index in [1.807, 2.05) is 6.92 Å². The van der Waals surface area contributed by atoms with E-state index in [1.165, 1.54) is 13.2 Å². The maximum atomic E-state index is 12.2. The molecule has 3 rings (SSSR count). The summed E-state index contributed by atoms with van der Waals surface area (Å²) in [5, 5.41) is 6.11. The molecule has 1 aromatic heterocycles. The summed E-state index contributed by atoms with van der Waals surface area (Å²) in [5.74, 6) is 0.818. The number of hydrogen-bond acceptors (Lipinski definition) is 7. The number of rotatable bonds is 5. The predicted octanol–water partition coefficient (Wildman–Crippen LogP) is 2.11. The van der Waals surface area contributed by atoms with Crippen molar-refractivity contribution in [3.8, 4) is 11.5 Å². The number of hydrogen-bond donors (Lipinski definition) is 1. The molecule has 2 aromatic rings. The van der Waals surface area contributed by atoms with Gasteiger partial charge in [-0.15, -0.1) is 0 Å². The van der Waals surface area contributed by atoms with Crippen LogP contribution in [0.5, 0.6) is 11.5 Å². The summed E-state index contributed by atoms with van der Waals surface area (Å²) in [4.78, 5) is 24.0. The van der Waals surface area contributed by atoms with Gasteiger partial charge in [0.25, 0.3) is 5.91 Å². The second-order valence-corrected chi connectivity index (χ2v) is 5.75. The van der Waals surface area contributed by atoms with Crippen molar-refractivity contribution in [2.45, 2.75) is 26.4 Å². The van der Waals surface area contributed by atoms with Crippen LogP contribution in [-0.2, 0) is 16.0 Å². The lowest BCUT2D eigenvalue weighted by atomic mass is 10.1. The number of carbonyl (C=O) groups excluding carboxylic acids is 2. The molecule has 0 unspecified atom stereocenters. The molecule has 1 atom stereocenters. The van der Waals surface area contributed by atoms with Crippen LogP contribution in [0.25, 0.3) is 0 Å². The molecular formula is C17H18N2O6. The van der Waals surface area contributed by atoms with Gasteiger partial charge >= 0.3 is 5.97 Å². The average molecular weight is 346 g/mol. The van der Waals surface area contributed by atoms with Crippen molar-refractivity contribution in [2.75, 3.05) is 19.0 Å². The zero-order valence-electron chi connectivity index (χ0n) is 14.1. The third-order valence-electron chi connectivity index (χ3n) is 3.64. The SMILES string of the molecule is COc1cc(C(=O)OCC(=O)Nc2cc(C)on2)cc2c1O[C@@H](C)C2. The number of nitrogens with one attached hydrogen (secondary N) is 1. The van der Waals surface area contributed by atoms with Crippen LogP contribution in [0.4, 0.5) is 5.82 Å². The highest BCUT2D eigenvalue weighted by Crippen LogP contribution is 2.39. The van der Waals surface area contributed by atoms with E-state index in [0.717, 1.165) is 5.56 Å². The van der Waals surface area contributed by atoms with Gasteiger partial charge in [0.2, 0.25) is 0 Å². The standard InChI is InChI=1S/C17H18N2O6/c1-9-4-11-6-12(7-13(22-3)16(11)24-9)17(21)23-8-15(20)18-14-5-10(2)25-19-14/h5-7,9H,4,8H2,1-3H3,(H,18,19,20)/t9-/m0/s1. The fraction of sp³-hybridized carbons (Fsp3) is 0.353. The molecule has 0 fully saturated rings. The van der Waals surface area contributed by atoms with E-state index >= 15 is 0 Å². The van der Waals surface area contributed by atoms with Crippen molar-refractivity contribution in [3.63, 3.8) is 0 Å². The number of carbonyl (C=O) groups is 2. The van der Waals surface area contributed by atoms with Gasteiger partial charge in [0, 0.05) is 18.1 Å². The Labute approximate surface area is 144 Å². The summed E-state index contributed by atoms with van der Waals surface area (Å²) in [6.07, 6.45) is 0.700. The van der Waals surface area contributed by atoms with Crippen LogP contribution in [0, 0.1) is 6.92 Å². The molecule has 25 heavy (non-hydrogen) atoms. The van der Waals surface area contributed by atoms with Crippen molar-refractivity contribution in [3.05, 3.63) is 35.1 Å². The van der Waals surface area contributed by atoms with Gasteiger partial charge in [-0.05, 0) is 26.0 Å². The van der Waals surface area contributed by atoms with Gasteiger partial charge in [-0.1, -0.05) is 5.16 Å². The first-order chi connectivity index (χ1) is 12.0. The lowest BCUT2D eigenvalue weighted by Gasteiger charge is -2.10. The summed E-state index contributed by atoms with van der Waals surface area (Å²) in [6.45, 7) is 3.21. The van der Waals surface area contributed by atoms with E-state index in [9.17, 15) is 9.59 Å². The molecule has 1 aliphatic heterocycles. The van der Waals surface area contributed by atoms with Crippen LogP contribution in [-0.4, -0.2) is 36.9 Å². The minimum atomic E-state index is -0.618. The van der Waals surface area contributed by atoms with Gasteiger partial charge in [0.05, 0.1) is 12.7 Å². The largest absolute Gasteiger partial charge is 0.493 e. The number of anilines is 1. The van der Waals surface area contributed by atoms with Crippen molar-refractivity contribution >= 4 is 17.7 Å². The Morgan fingerprint density at radius 2 is 2.16 bits per heavy atom. The number of fused-ring (bicyclic) bond motifs is 1. The fourth-order valence-corrected chi connectivity index (χ4v) is 2.59. The first-order valence-electron chi connectivity index (χ1n) is 7.74. The van der Waals surface area contributed by atoms with E-state index in [2.05, 4.69) is 10.5 Å². The monoisotopic (exact) mass is 346 g/mol. The second kappa shape index (κ2) is 6.84. The molecule has 0 bridgehead atoms. The topological polar surface area (TPSA) is 99.9 Å². The molecule has 0 saturated heterocycles. The van der Waals surface area contributed by atoms with E-state index in [4.69, 9.17) is 18.7 Å². The summed E-state index contributed by atoms with van der Waals surface area (Å²) in [6, 6.07) is 4.80. The van der Waals surface area contributed by atoms with Gasteiger partial charge in [0.1, 0.15) is 11.9 Å². The van der Waals surface area contributed by atoms with Crippen molar-refractivity contribution in [1.82, 2.24) is 5.16 Å². The number of ether oxygens (including phenoxy) is 3. The summed E-state index contributed by atoms with van der Waals surface area (Å²) in [5.41, 5.74) is 1.18. The maximum Gasteiger partial charge on any atom is 0.338 e. The molecular weight excluding hydrogens is 328 g/mol. The summed E-state index contributed by atoms with van der Waals surface area (Å²) in [7, 11) is 1.50. The Hall–Kier alpha value is -3.03. The van der Waals surface area contributed by atoms with Crippen LogP contribution in [0.2, 0.25) is 0 Å². The Balaban J connectivity index is 1.63. The van der Waals surface area contributed by atoms with Crippen LogP contribution in [0.1, 0.15) is 28.6 Å². The highest BCUT2D eigenvalue weighted by molar-refractivity contribution is 5.95. The molecule has 1 amide bonds. The molecule has 0 spiro atoms. The normalized spacial score (nSPS) is 15.2. The van der Waals surface area contributed by atoms with Gasteiger partial charge in [0.15, 0.2) is 23.9 Å². The van der Waals surface area contributed by atoms with Crippen molar-refractivity contribution in [2.24, 2.45) is 0 Å². The zero-order chi connectivity index (χ0) is 18.0. The quantitative estimate of drug-likeness (QED) is 0.828. The summed E-state index contributed by atoms with van der Waals surface area (Å²) >= 11 is 0. The molecule has 0 aliphatic carbocycles. The van der Waals surface area contributed by atoms with Gasteiger partial charge < -0.3 is 24.1 Å². The fourth-order valence-electron chi connectivity index (χ4n) is 2.59. The first kappa shape index (κ1) is 16.8. The predicted molar refractivity (Wildman–Crippen MR) is 86.9 cm³/mol. The smallest absolute Gasteiger partial charge is 0.338 e. The highest BCUT2D eigenvalue weighted by atomic mass is 16.5. The van der Waals surface area contributed by atoms with E-state index in [-0.39, 0.29) is 11.9 Å². The Bertz CT molecular complexity index is 813. The van der Waals surface area contributed by atoms with Crippen molar-refractivity contribution < 1.29 is 28.3 Å². The van der Waals surface area contributed by atoms with E-state index < -0.39 is 18.5 Å². The minimum Gasteiger partial charge on any atom is -0.493 e. The lowest BCUT2D eigenvalue weighted by Crippen LogP contribution is -2.21. The molecule has 1 aliphatic rings. The lowest BCUT2D eigenvalue weighted by molar-refractivity contribution is -0.119. The zero-order valence-corrected chi connectivity index (χ0v) is 14.1. The van der Waals surface area contributed by atoms with Gasteiger partial charge in [-0.2, -0.15) is 0 Å². The van der Waals surface area contributed by atoms with Crippen LogP contribution in [0.3, 0.4) is 0 Å². The van der Waals surface area contributed by atoms with Gasteiger partial charge in [-0.25, -0.2) is 4.79 Å². The van der Waals surface area contributed by atoms with Crippen molar-refractivity contribution in [1.29, 1.82) is 0 Å². The number of amides is 1. The Kier molecular flexibility index (Phi) is 4.60. The third kappa shape index (κ3) is 3.73. The van der Waals surface area contributed by atoms with Crippen LogP contribution in [0.15, 0.2) is 22.7 Å². The number of aromatic nitrogens is 1. The number of esters is 1. The maximum absolute atomic E-state index is 12.2. The first-order valence-corrected chi connectivity index (χ1v) is 7.74. The average Bonchev–Trinajstić information content (AvgIpc) is 3.15. The molecule has 0 saturated carbocycles. The second-order valence-electron chi connectivity index (χ2n) is 5.75. The number of benzene rings is 1. The molecule has 2 heterocycles. The Morgan fingerprint density at radius 1 is 1.36 bits per heavy atom. The van der Waals surface area contributed by atoms with Crippen LogP contribution >= 0.6 is 0 Å². The molecule has 8 nitrogen and oxygen atoms in total. The molecule has 132 valence electrons. The number of aryl methyl sites for hydroxylation is 1. The van der Waals surface area contributed by atoms with Gasteiger partial charge in [-0.3, -0.25) is 4.79 Å². The Morgan fingerprint density at radius 3 is 2.84 bits per heavy atom. The number of nitrogens with zero attached hydrogens (tertiary/aromatic N) is 1. The van der Waals surface area contributed by atoms with E-state index in [1.54, 1.807) is 19.1 Å². The summed E-state index contributed by atoms with van der Waals surface area (Å²) < 4.78 is 20.8. The van der Waals surface area contributed by atoms with Crippen LogP contribution < -0.4 is 14.8 Å². The molecule has 1 N–H and O–H groups in total. The third-order valence-corrected chi connectivity index (χ3v) is 3.64. The van der Waals surface area contributed by atoms with E-state index in [0.29, 0.717) is 29.2 Å².